The van der Waals surface area contributed by atoms with E-state index in [9.17, 15) is 4.79 Å². The molecule has 0 spiro atoms. The second-order valence-corrected chi connectivity index (χ2v) is 5.11. The number of rotatable bonds is 4. The first-order valence-electron chi connectivity index (χ1n) is 6.54. The van der Waals surface area contributed by atoms with Crippen LogP contribution >= 0.6 is 11.6 Å². The van der Waals surface area contributed by atoms with Crippen molar-refractivity contribution in [2.75, 3.05) is 13.7 Å². The van der Waals surface area contributed by atoms with E-state index in [1.54, 1.807) is 19.2 Å². The number of piperidine rings is 1. The van der Waals surface area contributed by atoms with Gasteiger partial charge in [-0.15, -0.1) is 0 Å². The minimum atomic E-state index is -0.0629. The summed E-state index contributed by atoms with van der Waals surface area (Å²) in [6.07, 6.45) is 3.16. The first-order valence-corrected chi connectivity index (χ1v) is 6.92. The number of hydrogen-bond acceptors (Lipinski definition) is 3. The molecule has 1 fully saturated rings. The molecule has 1 aromatic rings. The smallest absolute Gasteiger partial charge is 0.237 e. The van der Waals surface area contributed by atoms with E-state index in [-0.39, 0.29) is 11.9 Å². The van der Waals surface area contributed by atoms with Crippen molar-refractivity contribution in [3.05, 3.63) is 28.8 Å². The lowest BCUT2D eigenvalue weighted by molar-refractivity contribution is -0.123. The zero-order valence-corrected chi connectivity index (χ0v) is 11.8. The molecule has 1 aliphatic rings. The van der Waals surface area contributed by atoms with Crippen LogP contribution in [0.25, 0.3) is 0 Å². The van der Waals surface area contributed by atoms with Gasteiger partial charge in [0, 0.05) is 17.1 Å². The van der Waals surface area contributed by atoms with Crippen LogP contribution in [0.4, 0.5) is 0 Å². The molecule has 1 saturated heterocycles. The summed E-state index contributed by atoms with van der Waals surface area (Å²) in [6, 6.07) is 5.36. The van der Waals surface area contributed by atoms with Gasteiger partial charge in [-0.2, -0.15) is 0 Å². The predicted molar refractivity (Wildman–Crippen MR) is 75.5 cm³/mol. The van der Waals surface area contributed by atoms with Crippen LogP contribution in [0.1, 0.15) is 24.8 Å². The standard InChI is InChI=1S/C14H19ClN2O2/c1-19-13-8-11(15)6-5-10(13)9-17-14(18)12-4-2-3-7-16-12/h5-6,8,12,16H,2-4,7,9H2,1H3,(H,17,18). The summed E-state index contributed by atoms with van der Waals surface area (Å²) in [5.74, 6) is 0.751. The molecule has 1 aliphatic heterocycles. The van der Waals surface area contributed by atoms with Crippen molar-refractivity contribution < 1.29 is 9.53 Å². The Morgan fingerprint density at radius 2 is 2.37 bits per heavy atom. The lowest BCUT2D eigenvalue weighted by atomic mass is 10.0. The molecule has 2 rings (SSSR count). The molecule has 0 saturated carbocycles. The molecule has 0 aliphatic carbocycles. The van der Waals surface area contributed by atoms with E-state index in [2.05, 4.69) is 10.6 Å². The third-order valence-corrected chi connectivity index (χ3v) is 3.56. The zero-order chi connectivity index (χ0) is 13.7. The summed E-state index contributed by atoms with van der Waals surface area (Å²) in [4.78, 5) is 12.0. The van der Waals surface area contributed by atoms with Crippen molar-refractivity contribution in [3.63, 3.8) is 0 Å². The normalized spacial score (nSPS) is 18.9. The van der Waals surface area contributed by atoms with Crippen molar-refractivity contribution in [1.82, 2.24) is 10.6 Å². The summed E-state index contributed by atoms with van der Waals surface area (Å²) >= 11 is 5.90. The predicted octanol–water partition coefficient (Wildman–Crippen LogP) is 2.11. The van der Waals surface area contributed by atoms with Crippen LogP contribution in [0.15, 0.2) is 18.2 Å². The summed E-state index contributed by atoms with van der Waals surface area (Å²) in [5.41, 5.74) is 0.927. The number of hydrogen-bond donors (Lipinski definition) is 2. The van der Waals surface area contributed by atoms with Gasteiger partial charge in [-0.1, -0.05) is 24.1 Å². The van der Waals surface area contributed by atoms with Crippen LogP contribution < -0.4 is 15.4 Å². The van der Waals surface area contributed by atoms with Crippen molar-refractivity contribution in [3.8, 4) is 5.75 Å². The number of nitrogens with one attached hydrogen (secondary N) is 2. The van der Waals surface area contributed by atoms with Crippen molar-refractivity contribution in [1.29, 1.82) is 0 Å². The van der Waals surface area contributed by atoms with Crippen LogP contribution in [0.3, 0.4) is 0 Å². The molecule has 0 radical (unpaired) electrons. The highest BCUT2D eigenvalue weighted by atomic mass is 35.5. The van der Waals surface area contributed by atoms with Gasteiger partial charge < -0.3 is 15.4 Å². The number of halogens is 1. The molecule has 104 valence electrons. The average Bonchev–Trinajstić information content (AvgIpc) is 2.46. The number of benzene rings is 1. The van der Waals surface area contributed by atoms with Crippen molar-refractivity contribution >= 4 is 17.5 Å². The maximum Gasteiger partial charge on any atom is 0.237 e. The van der Waals surface area contributed by atoms with E-state index in [0.29, 0.717) is 17.3 Å². The van der Waals surface area contributed by atoms with Crippen molar-refractivity contribution in [2.45, 2.75) is 31.8 Å². The Bertz CT molecular complexity index is 445. The van der Waals surface area contributed by atoms with E-state index < -0.39 is 0 Å². The van der Waals surface area contributed by atoms with Gasteiger partial charge in [-0.25, -0.2) is 0 Å². The Morgan fingerprint density at radius 1 is 1.53 bits per heavy atom. The number of amides is 1. The molecule has 5 heteroatoms. The Kier molecular flexibility index (Phi) is 5.05. The maximum absolute atomic E-state index is 12.0. The number of carbonyl (C=O) groups is 1. The number of methoxy groups -OCH3 is 1. The minimum absolute atomic E-state index is 0.0525. The van der Waals surface area contributed by atoms with Gasteiger partial charge in [0.1, 0.15) is 5.75 Å². The maximum atomic E-state index is 12.0. The molecule has 1 atom stereocenters. The minimum Gasteiger partial charge on any atom is -0.496 e. The quantitative estimate of drug-likeness (QED) is 0.889. The third kappa shape index (κ3) is 3.85. The third-order valence-electron chi connectivity index (χ3n) is 3.33. The monoisotopic (exact) mass is 282 g/mol. The lowest BCUT2D eigenvalue weighted by Crippen LogP contribution is -2.46. The Hall–Kier alpha value is -1.26. The van der Waals surface area contributed by atoms with E-state index in [4.69, 9.17) is 16.3 Å². The van der Waals surface area contributed by atoms with Crippen LogP contribution in [0, 0.1) is 0 Å². The molecule has 1 unspecified atom stereocenters. The van der Waals surface area contributed by atoms with Gasteiger partial charge in [0.2, 0.25) is 5.91 Å². The highest BCUT2D eigenvalue weighted by Crippen LogP contribution is 2.22. The SMILES string of the molecule is COc1cc(Cl)ccc1CNC(=O)C1CCCCN1. The van der Waals surface area contributed by atoms with Crippen molar-refractivity contribution in [2.24, 2.45) is 0 Å². The molecule has 1 aromatic carbocycles. The molecule has 1 amide bonds. The van der Waals surface area contributed by atoms with Crippen LogP contribution in [0.2, 0.25) is 5.02 Å². The van der Waals surface area contributed by atoms with Gasteiger partial charge in [0.15, 0.2) is 0 Å². The van der Waals surface area contributed by atoms with Gasteiger partial charge in [0.25, 0.3) is 0 Å². The average molecular weight is 283 g/mol. The largest absolute Gasteiger partial charge is 0.496 e. The number of carbonyl (C=O) groups excluding carboxylic acids is 1. The summed E-state index contributed by atoms with van der Waals surface area (Å²) in [5, 5.41) is 6.79. The topological polar surface area (TPSA) is 50.4 Å². The Labute approximate surface area is 118 Å². The molecular weight excluding hydrogens is 264 g/mol. The molecule has 1 heterocycles. The van der Waals surface area contributed by atoms with E-state index >= 15 is 0 Å². The van der Waals surface area contributed by atoms with Crippen LogP contribution in [-0.2, 0) is 11.3 Å². The molecular formula is C14H19ClN2O2. The van der Waals surface area contributed by atoms with Gasteiger partial charge in [-0.3, -0.25) is 4.79 Å². The van der Waals surface area contributed by atoms with E-state index in [1.165, 1.54) is 0 Å². The van der Waals surface area contributed by atoms with Gasteiger partial charge in [-0.05, 0) is 31.5 Å². The summed E-state index contributed by atoms with van der Waals surface area (Å²) < 4.78 is 5.25. The number of ether oxygens (including phenoxy) is 1. The second-order valence-electron chi connectivity index (χ2n) is 4.68. The highest BCUT2D eigenvalue weighted by molar-refractivity contribution is 6.30. The van der Waals surface area contributed by atoms with Crippen LogP contribution in [0.5, 0.6) is 5.75 Å². The Morgan fingerprint density at radius 3 is 3.05 bits per heavy atom. The fraction of sp³-hybridized carbons (Fsp3) is 0.500. The molecule has 0 aromatic heterocycles. The van der Waals surface area contributed by atoms with Gasteiger partial charge >= 0.3 is 0 Å². The van der Waals surface area contributed by atoms with Gasteiger partial charge in [0.05, 0.1) is 13.2 Å². The van der Waals surface area contributed by atoms with E-state index in [1.807, 2.05) is 6.07 Å². The Balaban J connectivity index is 1.92. The second kappa shape index (κ2) is 6.78. The summed E-state index contributed by atoms with van der Waals surface area (Å²) in [7, 11) is 1.60. The first-order chi connectivity index (χ1) is 9.20. The van der Waals surface area contributed by atoms with Crippen LogP contribution in [-0.4, -0.2) is 25.6 Å². The molecule has 2 N–H and O–H groups in total. The van der Waals surface area contributed by atoms with E-state index in [0.717, 1.165) is 31.4 Å². The lowest BCUT2D eigenvalue weighted by Gasteiger charge is -2.22. The summed E-state index contributed by atoms with van der Waals surface area (Å²) in [6.45, 7) is 1.37. The highest BCUT2D eigenvalue weighted by Gasteiger charge is 2.20. The fourth-order valence-electron chi connectivity index (χ4n) is 2.25. The molecule has 4 nitrogen and oxygen atoms in total. The zero-order valence-electron chi connectivity index (χ0n) is 11.0. The first kappa shape index (κ1) is 14.2. The molecule has 0 bridgehead atoms. The fourth-order valence-corrected chi connectivity index (χ4v) is 2.41. The molecule has 19 heavy (non-hydrogen) atoms.